The topological polar surface area (TPSA) is 109 Å². The van der Waals surface area contributed by atoms with Crippen LogP contribution in [0.25, 0.3) is 11.0 Å². The van der Waals surface area contributed by atoms with E-state index in [0.717, 1.165) is 16.6 Å². The summed E-state index contributed by atoms with van der Waals surface area (Å²) in [6.45, 7) is 3.05. The predicted molar refractivity (Wildman–Crippen MR) is 94.2 cm³/mol. The number of carbonyl (C=O) groups excluding carboxylic acids is 1. The third kappa shape index (κ3) is 4.28. The number of H-pyrrole nitrogens is 1. The molecule has 0 bridgehead atoms. The van der Waals surface area contributed by atoms with Gasteiger partial charge in [-0.1, -0.05) is 17.8 Å². The normalized spacial score (nSPS) is 18.4. The van der Waals surface area contributed by atoms with E-state index in [-0.39, 0.29) is 23.3 Å². The van der Waals surface area contributed by atoms with Gasteiger partial charge in [0.25, 0.3) is 0 Å². The number of rotatable bonds is 5. The number of imidazole rings is 1. The molecule has 1 aliphatic rings. The van der Waals surface area contributed by atoms with Gasteiger partial charge in [-0.3, -0.25) is 4.79 Å². The van der Waals surface area contributed by atoms with Crippen LogP contribution in [0.15, 0.2) is 23.4 Å². The summed E-state index contributed by atoms with van der Waals surface area (Å²) in [4.78, 5) is 21.6. The van der Waals surface area contributed by atoms with Gasteiger partial charge in [0.1, 0.15) is 0 Å². The number of aromatic nitrogens is 2. The van der Waals surface area contributed by atoms with E-state index in [1.807, 2.05) is 25.1 Å². The Hall–Kier alpha value is -1.58. The summed E-state index contributed by atoms with van der Waals surface area (Å²) >= 11 is 1.36. The zero-order valence-corrected chi connectivity index (χ0v) is 15.0. The molecule has 2 heterocycles. The molecular weight excluding hydrogens is 348 g/mol. The van der Waals surface area contributed by atoms with Gasteiger partial charge in [0, 0.05) is 13.1 Å². The quantitative estimate of drug-likeness (QED) is 0.768. The van der Waals surface area contributed by atoms with E-state index in [2.05, 4.69) is 9.97 Å². The van der Waals surface area contributed by atoms with Crippen molar-refractivity contribution in [3.05, 3.63) is 23.8 Å². The molecule has 1 fully saturated rings. The molecule has 3 rings (SSSR count). The highest BCUT2D eigenvalue weighted by molar-refractivity contribution is 7.99. The van der Waals surface area contributed by atoms with Crippen LogP contribution < -0.4 is 5.14 Å². The maximum Gasteiger partial charge on any atom is 0.233 e. The van der Waals surface area contributed by atoms with Crippen LogP contribution in [0.2, 0.25) is 0 Å². The lowest BCUT2D eigenvalue weighted by Gasteiger charge is -2.15. The fourth-order valence-electron chi connectivity index (χ4n) is 2.91. The molecule has 2 aromatic rings. The molecule has 0 radical (unpaired) electrons. The van der Waals surface area contributed by atoms with Gasteiger partial charge < -0.3 is 9.88 Å². The number of primary sulfonamides is 1. The van der Waals surface area contributed by atoms with E-state index in [9.17, 15) is 13.2 Å². The van der Waals surface area contributed by atoms with E-state index >= 15 is 0 Å². The largest absolute Gasteiger partial charge is 0.342 e. The van der Waals surface area contributed by atoms with Crippen molar-refractivity contribution in [3.8, 4) is 0 Å². The summed E-state index contributed by atoms with van der Waals surface area (Å²) < 4.78 is 22.3. The van der Waals surface area contributed by atoms with Gasteiger partial charge in [0.15, 0.2) is 5.16 Å². The number of sulfonamides is 1. The molecule has 7 nitrogen and oxygen atoms in total. The Morgan fingerprint density at radius 1 is 1.50 bits per heavy atom. The number of nitrogens with zero attached hydrogens (tertiary/aromatic N) is 2. The molecule has 0 spiro atoms. The number of hydrogen-bond acceptors (Lipinski definition) is 5. The lowest BCUT2D eigenvalue weighted by molar-refractivity contribution is -0.127. The molecule has 0 aliphatic carbocycles. The van der Waals surface area contributed by atoms with E-state index in [1.54, 1.807) is 4.90 Å². The number of benzene rings is 1. The van der Waals surface area contributed by atoms with Crippen LogP contribution in [-0.4, -0.2) is 53.8 Å². The number of aryl methyl sites for hydroxylation is 1. The fraction of sp³-hybridized carbons (Fsp3) is 0.467. The minimum Gasteiger partial charge on any atom is -0.342 e. The lowest BCUT2D eigenvalue weighted by atomic mass is 10.2. The zero-order chi connectivity index (χ0) is 17.3. The Kier molecular flexibility index (Phi) is 4.84. The van der Waals surface area contributed by atoms with Gasteiger partial charge in [0.2, 0.25) is 15.9 Å². The molecule has 130 valence electrons. The first-order valence-electron chi connectivity index (χ1n) is 7.67. The third-order valence-electron chi connectivity index (χ3n) is 4.05. The average Bonchev–Trinajstić information content (AvgIpc) is 3.09. The number of nitrogens with one attached hydrogen (secondary N) is 1. The second-order valence-corrected chi connectivity index (χ2v) is 8.80. The van der Waals surface area contributed by atoms with Gasteiger partial charge in [-0.15, -0.1) is 0 Å². The molecule has 3 N–H and O–H groups in total. The zero-order valence-electron chi connectivity index (χ0n) is 13.4. The Morgan fingerprint density at radius 3 is 3.04 bits per heavy atom. The third-order valence-corrected chi connectivity index (χ3v) is 5.85. The van der Waals surface area contributed by atoms with Crippen molar-refractivity contribution in [3.63, 3.8) is 0 Å². The van der Waals surface area contributed by atoms with Crippen LogP contribution >= 0.6 is 11.8 Å². The summed E-state index contributed by atoms with van der Waals surface area (Å²) in [6.07, 6.45) is 0.677. The van der Waals surface area contributed by atoms with E-state index in [1.165, 1.54) is 11.8 Å². The average molecular weight is 368 g/mol. The van der Waals surface area contributed by atoms with Crippen molar-refractivity contribution in [1.82, 2.24) is 14.9 Å². The van der Waals surface area contributed by atoms with Crippen LogP contribution in [0, 0.1) is 12.8 Å². The molecule has 1 aromatic heterocycles. The number of hydrogen-bond donors (Lipinski definition) is 2. The first kappa shape index (κ1) is 17.2. The Balaban J connectivity index is 1.55. The lowest BCUT2D eigenvalue weighted by Crippen LogP contribution is -2.32. The van der Waals surface area contributed by atoms with Crippen LogP contribution in [-0.2, 0) is 14.8 Å². The fourth-order valence-corrected chi connectivity index (χ4v) is 4.63. The number of thioether (sulfide) groups is 1. The summed E-state index contributed by atoms with van der Waals surface area (Å²) in [5.74, 6) is 0.144. The maximum absolute atomic E-state index is 12.3. The van der Waals surface area contributed by atoms with Crippen molar-refractivity contribution in [1.29, 1.82) is 0 Å². The highest BCUT2D eigenvalue weighted by Gasteiger charge is 2.28. The molecule has 1 aromatic carbocycles. The van der Waals surface area contributed by atoms with E-state index in [0.29, 0.717) is 24.7 Å². The summed E-state index contributed by atoms with van der Waals surface area (Å²) in [5.41, 5.74) is 2.99. The maximum atomic E-state index is 12.3. The van der Waals surface area contributed by atoms with Crippen molar-refractivity contribution in [2.45, 2.75) is 18.5 Å². The van der Waals surface area contributed by atoms with Gasteiger partial charge in [-0.2, -0.15) is 0 Å². The second-order valence-electron chi connectivity index (χ2n) is 6.18. The Morgan fingerprint density at radius 2 is 2.29 bits per heavy atom. The molecule has 1 saturated heterocycles. The molecule has 1 unspecified atom stereocenters. The van der Waals surface area contributed by atoms with Crippen molar-refractivity contribution in [2.75, 3.05) is 24.6 Å². The number of carbonyl (C=O) groups is 1. The monoisotopic (exact) mass is 368 g/mol. The molecule has 9 heteroatoms. The number of fused-ring (bicyclic) bond motifs is 1. The molecule has 1 amide bonds. The molecule has 1 atom stereocenters. The second kappa shape index (κ2) is 6.73. The molecule has 1 aliphatic heterocycles. The Labute approximate surface area is 145 Å². The summed E-state index contributed by atoms with van der Waals surface area (Å²) in [6, 6.07) is 5.97. The molecular formula is C15H20N4O3S2. The van der Waals surface area contributed by atoms with E-state index < -0.39 is 10.0 Å². The van der Waals surface area contributed by atoms with Gasteiger partial charge >= 0.3 is 0 Å². The summed E-state index contributed by atoms with van der Waals surface area (Å²) in [5, 5.41) is 5.78. The molecule has 24 heavy (non-hydrogen) atoms. The number of amides is 1. The first-order valence-corrected chi connectivity index (χ1v) is 10.4. The molecule has 0 saturated carbocycles. The number of likely N-dealkylation sites (tertiary alicyclic amines) is 1. The Bertz CT molecular complexity index is 863. The van der Waals surface area contributed by atoms with Crippen LogP contribution in [0.1, 0.15) is 12.0 Å². The number of nitrogens with two attached hydrogens (primary N) is 1. The minimum atomic E-state index is -3.49. The number of aromatic amines is 1. The minimum absolute atomic E-state index is 0.00597. The van der Waals surface area contributed by atoms with Crippen LogP contribution in [0.3, 0.4) is 0 Å². The predicted octanol–water partition coefficient (Wildman–Crippen LogP) is 1.10. The van der Waals surface area contributed by atoms with Crippen molar-refractivity contribution >= 4 is 38.7 Å². The summed E-state index contributed by atoms with van der Waals surface area (Å²) in [7, 11) is -3.49. The SMILES string of the molecule is Cc1ccc2nc(SCC(=O)N3CCC(CS(N)(=O)=O)C3)[nH]c2c1. The standard InChI is InChI=1S/C15H20N4O3S2/c1-10-2-3-12-13(6-10)18-15(17-12)23-8-14(20)19-5-4-11(7-19)9-24(16,21)22/h2-3,6,11H,4-5,7-9H2,1H3,(H,17,18)(H2,16,21,22). The van der Waals surface area contributed by atoms with Crippen LogP contribution in [0.4, 0.5) is 0 Å². The van der Waals surface area contributed by atoms with Crippen LogP contribution in [0.5, 0.6) is 0 Å². The van der Waals surface area contributed by atoms with Crippen molar-refractivity contribution < 1.29 is 13.2 Å². The van der Waals surface area contributed by atoms with E-state index in [4.69, 9.17) is 5.14 Å². The highest BCUT2D eigenvalue weighted by atomic mass is 32.2. The van der Waals surface area contributed by atoms with Gasteiger partial charge in [0.05, 0.1) is 22.5 Å². The van der Waals surface area contributed by atoms with Gasteiger partial charge in [-0.25, -0.2) is 18.5 Å². The van der Waals surface area contributed by atoms with Gasteiger partial charge in [-0.05, 0) is 37.0 Å². The highest BCUT2D eigenvalue weighted by Crippen LogP contribution is 2.23. The smallest absolute Gasteiger partial charge is 0.233 e. The first-order chi connectivity index (χ1) is 11.3. The van der Waals surface area contributed by atoms with Crippen molar-refractivity contribution in [2.24, 2.45) is 11.1 Å².